The minimum atomic E-state index is 0.206. The van der Waals surface area contributed by atoms with Crippen molar-refractivity contribution in [2.45, 2.75) is 19.8 Å². The first-order chi connectivity index (χ1) is 7.26. The summed E-state index contributed by atoms with van der Waals surface area (Å²) in [5, 5.41) is 0. The molecular formula is C12H16N2O. The Morgan fingerprint density at radius 3 is 2.93 bits per heavy atom. The number of amides is 1. The lowest BCUT2D eigenvalue weighted by Crippen LogP contribution is -2.25. The van der Waals surface area contributed by atoms with E-state index < -0.39 is 0 Å². The van der Waals surface area contributed by atoms with Crippen molar-refractivity contribution < 1.29 is 4.79 Å². The fourth-order valence-corrected chi connectivity index (χ4v) is 2.11. The molecule has 1 aliphatic heterocycles. The predicted molar refractivity (Wildman–Crippen MR) is 60.9 cm³/mol. The van der Waals surface area contributed by atoms with Crippen molar-refractivity contribution >= 4 is 11.6 Å². The Morgan fingerprint density at radius 2 is 2.27 bits per heavy atom. The van der Waals surface area contributed by atoms with Crippen molar-refractivity contribution in [3.05, 3.63) is 29.3 Å². The van der Waals surface area contributed by atoms with Gasteiger partial charge in [-0.2, -0.15) is 0 Å². The number of benzene rings is 1. The summed E-state index contributed by atoms with van der Waals surface area (Å²) in [4.78, 5) is 13.5. The molecule has 0 atom stereocenters. The van der Waals surface area contributed by atoms with E-state index in [0.29, 0.717) is 13.0 Å². The van der Waals surface area contributed by atoms with Gasteiger partial charge in [0, 0.05) is 12.2 Å². The SMILES string of the molecule is CCN1C(=O)Cc2cc(CCN)ccc21. The van der Waals surface area contributed by atoms with E-state index in [1.165, 1.54) is 5.56 Å². The number of carbonyl (C=O) groups excluding carboxylic acids is 1. The van der Waals surface area contributed by atoms with Crippen molar-refractivity contribution in [1.82, 2.24) is 0 Å². The van der Waals surface area contributed by atoms with E-state index in [2.05, 4.69) is 12.1 Å². The molecule has 1 amide bonds. The van der Waals surface area contributed by atoms with E-state index in [-0.39, 0.29) is 5.91 Å². The molecule has 3 nitrogen and oxygen atoms in total. The Kier molecular flexibility index (Phi) is 2.73. The number of carbonyl (C=O) groups is 1. The third-order valence-corrected chi connectivity index (χ3v) is 2.83. The van der Waals surface area contributed by atoms with Gasteiger partial charge in [-0.3, -0.25) is 4.79 Å². The quantitative estimate of drug-likeness (QED) is 0.801. The highest BCUT2D eigenvalue weighted by Gasteiger charge is 2.25. The van der Waals surface area contributed by atoms with Gasteiger partial charge in [-0.25, -0.2) is 0 Å². The molecule has 0 aromatic heterocycles. The fourth-order valence-electron chi connectivity index (χ4n) is 2.11. The second kappa shape index (κ2) is 4.03. The molecule has 0 fully saturated rings. The third kappa shape index (κ3) is 1.75. The molecule has 0 saturated carbocycles. The molecule has 0 unspecified atom stereocenters. The zero-order chi connectivity index (χ0) is 10.8. The molecule has 0 spiro atoms. The number of anilines is 1. The van der Waals surface area contributed by atoms with Crippen LogP contribution in [-0.2, 0) is 17.6 Å². The topological polar surface area (TPSA) is 46.3 Å². The van der Waals surface area contributed by atoms with Crippen molar-refractivity contribution in [2.24, 2.45) is 5.73 Å². The summed E-state index contributed by atoms with van der Waals surface area (Å²) >= 11 is 0. The standard InChI is InChI=1S/C12H16N2O/c1-2-14-11-4-3-9(5-6-13)7-10(11)8-12(14)15/h3-4,7H,2,5-6,8,13H2,1H3. The van der Waals surface area contributed by atoms with E-state index in [9.17, 15) is 4.79 Å². The van der Waals surface area contributed by atoms with Gasteiger partial charge in [0.25, 0.3) is 0 Å². The van der Waals surface area contributed by atoms with Gasteiger partial charge in [-0.1, -0.05) is 12.1 Å². The highest BCUT2D eigenvalue weighted by Crippen LogP contribution is 2.29. The van der Waals surface area contributed by atoms with Crippen LogP contribution in [0.2, 0.25) is 0 Å². The predicted octanol–water partition coefficient (Wildman–Crippen LogP) is 1.10. The summed E-state index contributed by atoms with van der Waals surface area (Å²) in [6, 6.07) is 6.21. The van der Waals surface area contributed by atoms with E-state index in [1.807, 2.05) is 17.9 Å². The second-order valence-corrected chi connectivity index (χ2v) is 3.82. The maximum atomic E-state index is 11.6. The van der Waals surface area contributed by atoms with Gasteiger partial charge in [-0.05, 0) is 37.1 Å². The van der Waals surface area contributed by atoms with Crippen LogP contribution in [-0.4, -0.2) is 19.0 Å². The Labute approximate surface area is 89.9 Å². The molecule has 1 aromatic rings. The van der Waals surface area contributed by atoms with Crippen LogP contribution in [0.15, 0.2) is 18.2 Å². The molecule has 0 radical (unpaired) electrons. The fraction of sp³-hybridized carbons (Fsp3) is 0.417. The van der Waals surface area contributed by atoms with Gasteiger partial charge >= 0.3 is 0 Å². The first kappa shape index (κ1) is 10.2. The van der Waals surface area contributed by atoms with Gasteiger partial charge in [0.15, 0.2) is 0 Å². The van der Waals surface area contributed by atoms with E-state index in [0.717, 1.165) is 24.2 Å². The summed E-state index contributed by atoms with van der Waals surface area (Å²) in [5.41, 5.74) is 8.95. The highest BCUT2D eigenvalue weighted by atomic mass is 16.2. The Bertz CT molecular complexity index is 387. The van der Waals surface area contributed by atoms with Crippen LogP contribution in [0, 0.1) is 0 Å². The summed E-state index contributed by atoms with van der Waals surface area (Å²) in [7, 11) is 0. The average molecular weight is 204 g/mol. The van der Waals surface area contributed by atoms with Gasteiger partial charge in [-0.15, -0.1) is 0 Å². The number of hydrogen-bond donors (Lipinski definition) is 1. The summed E-state index contributed by atoms with van der Waals surface area (Å²) in [6.07, 6.45) is 1.43. The average Bonchev–Trinajstić information content (AvgIpc) is 2.53. The molecule has 2 rings (SSSR count). The first-order valence-electron chi connectivity index (χ1n) is 5.38. The lowest BCUT2D eigenvalue weighted by atomic mass is 10.1. The van der Waals surface area contributed by atoms with Gasteiger partial charge in [0.1, 0.15) is 0 Å². The molecule has 3 heteroatoms. The Morgan fingerprint density at radius 1 is 1.47 bits per heavy atom. The maximum absolute atomic E-state index is 11.6. The van der Waals surface area contributed by atoms with Crippen molar-refractivity contribution in [2.75, 3.05) is 18.0 Å². The van der Waals surface area contributed by atoms with E-state index in [4.69, 9.17) is 5.73 Å². The Hall–Kier alpha value is -1.35. The molecule has 1 aromatic carbocycles. The zero-order valence-corrected chi connectivity index (χ0v) is 8.99. The largest absolute Gasteiger partial charge is 0.330 e. The molecule has 0 saturated heterocycles. The van der Waals surface area contributed by atoms with Crippen LogP contribution in [0.5, 0.6) is 0 Å². The van der Waals surface area contributed by atoms with Crippen molar-refractivity contribution in [3.8, 4) is 0 Å². The molecule has 1 heterocycles. The molecular weight excluding hydrogens is 188 g/mol. The van der Waals surface area contributed by atoms with Gasteiger partial charge in [0.05, 0.1) is 6.42 Å². The molecule has 0 aliphatic carbocycles. The number of fused-ring (bicyclic) bond motifs is 1. The minimum absolute atomic E-state index is 0.206. The molecule has 80 valence electrons. The van der Waals surface area contributed by atoms with Gasteiger partial charge in [0.2, 0.25) is 5.91 Å². The van der Waals surface area contributed by atoms with Crippen molar-refractivity contribution in [3.63, 3.8) is 0 Å². The zero-order valence-electron chi connectivity index (χ0n) is 8.99. The van der Waals surface area contributed by atoms with E-state index >= 15 is 0 Å². The lowest BCUT2D eigenvalue weighted by Gasteiger charge is -2.14. The summed E-state index contributed by atoms with van der Waals surface area (Å²) in [6.45, 7) is 3.41. The molecule has 15 heavy (non-hydrogen) atoms. The number of hydrogen-bond acceptors (Lipinski definition) is 2. The number of nitrogens with zero attached hydrogens (tertiary/aromatic N) is 1. The maximum Gasteiger partial charge on any atom is 0.231 e. The highest BCUT2D eigenvalue weighted by molar-refractivity contribution is 6.01. The molecule has 0 bridgehead atoms. The summed E-state index contributed by atoms with van der Waals surface area (Å²) in [5.74, 6) is 0.206. The minimum Gasteiger partial charge on any atom is -0.330 e. The monoisotopic (exact) mass is 204 g/mol. The van der Waals surface area contributed by atoms with Crippen LogP contribution in [0.4, 0.5) is 5.69 Å². The van der Waals surface area contributed by atoms with Crippen LogP contribution in [0.25, 0.3) is 0 Å². The van der Waals surface area contributed by atoms with Crippen LogP contribution < -0.4 is 10.6 Å². The number of nitrogens with two attached hydrogens (primary N) is 1. The normalized spacial score (nSPS) is 14.5. The smallest absolute Gasteiger partial charge is 0.231 e. The lowest BCUT2D eigenvalue weighted by molar-refractivity contribution is -0.117. The van der Waals surface area contributed by atoms with Crippen molar-refractivity contribution in [1.29, 1.82) is 0 Å². The van der Waals surface area contributed by atoms with Crippen LogP contribution >= 0.6 is 0 Å². The molecule has 1 aliphatic rings. The van der Waals surface area contributed by atoms with Crippen LogP contribution in [0.1, 0.15) is 18.1 Å². The Balaban J connectivity index is 2.33. The second-order valence-electron chi connectivity index (χ2n) is 3.82. The number of rotatable bonds is 3. The first-order valence-corrected chi connectivity index (χ1v) is 5.38. The van der Waals surface area contributed by atoms with Gasteiger partial charge < -0.3 is 10.6 Å². The number of likely N-dealkylation sites (N-methyl/N-ethyl adjacent to an activating group) is 1. The van der Waals surface area contributed by atoms with Crippen LogP contribution in [0.3, 0.4) is 0 Å². The molecule has 2 N–H and O–H groups in total. The summed E-state index contributed by atoms with van der Waals surface area (Å²) < 4.78 is 0. The van der Waals surface area contributed by atoms with E-state index in [1.54, 1.807) is 0 Å². The third-order valence-electron chi connectivity index (χ3n) is 2.83.